The van der Waals surface area contributed by atoms with E-state index >= 15 is 0 Å². The topological polar surface area (TPSA) is 163 Å². The predicted octanol–water partition coefficient (Wildman–Crippen LogP) is 10.0. The summed E-state index contributed by atoms with van der Waals surface area (Å²) in [6.07, 6.45) is -8.79. The van der Waals surface area contributed by atoms with Gasteiger partial charge in [0.2, 0.25) is 11.9 Å². The van der Waals surface area contributed by atoms with Gasteiger partial charge in [0, 0.05) is 28.0 Å². The number of rotatable bonds is 6. The summed E-state index contributed by atoms with van der Waals surface area (Å²) in [6.45, 7) is 5.68. The maximum atomic E-state index is 12.7. The maximum absolute atomic E-state index is 12.7. The van der Waals surface area contributed by atoms with Crippen molar-refractivity contribution in [2.75, 3.05) is 22.1 Å². The van der Waals surface area contributed by atoms with Gasteiger partial charge < -0.3 is 22.1 Å². The highest BCUT2D eigenvalue weighted by atomic mass is 79.9. The number of hydrogen-bond acceptors (Lipinski definition) is 10. The number of aromatic nitrogens is 8. The van der Waals surface area contributed by atoms with E-state index in [9.17, 15) is 26.3 Å². The van der Waals surface area contributed by atoms with Gasteiger partial charge in [-0.3, -0.25) is 9.13 Å². The van der Waals surface area contributed by atoms with Gasteiger partial charge >= 0.3 is 12.4 Å². The van der Waals surface area contributed by atoms with Crippen molar-refractivity contribution in [2.24, 2.45) is 0 Å². The summed E-state index contributed by atoms with van der Waals surface area (Å²) >= 11 is 3.45. The lowest BCUT2D eigenvalue weighted by Crippen LogP contribution is -2.07. The molecular weight excluding hydrogens is 830 g/mol. The fourth-order valence-electron chi connectivity index (χ4n) is 6.04. The molecule has 0 bridgehead atoms. The molecule has 58 heavy (non-hydrogen) atoms. The van der Waals surface area contributed by atoms with Gasteiger partial charge in [0.1, 0.15) is 34.9 Å². The molecule has 0 saturated carbocycles. The Morgan fingerprint density at radius 1 is 0.517 bits per heavy atom. The van der Waals surface area contributed by atoms with Gasteiger partial charge in [-0.2, -0.15) is 46.3 Å². The fraction of sp³-hybridized carbons (Fsp3) is 0.128. The summed E-state index contributed by atoms with van der Waals surface area (Å²) < 4.78 is 81.0. The summed E-state index contributed by atoms with van der Waals surface area (Å²) in [4.78, 5) is 26.3. The number of anilines is 6. The summed E-state index contributed by atoms with van der Waals surface area (Å²) in [7, 11) is 0. The minimum atomic E-state index is -4.40. The number of hydrogen-bond donors (Lipinski definition) is 4. The second-order valence-corrected chi connectivity index (χ2v) is 13.9. The number of nitrogens with one attached hydrogen (secondary N) is 2. The van der Waals surface area contributed by atoms with Crippen molar-refractivity contribution in [1.29, 1.82) is 0 Å². The van der Waals surface area contributed by atoms with E-state index < -0.39 is 23.5 Å². The smallest absolute Gasteiger partial charge is 0.383 e. The molecule has 0 spiro atoms. The Kier molecular flexibility index (Phi) is 10.4. The third-order valence-corrected chi connectivity index (χ3v) is 9.11. The van der Waals surface area contributed by atoms with E-state index in [-0.39, 0.29) is 23.5 Å². The molecule has 0 atom stereocenters. The minimum absolute atomic E-state index is 0.163. The molecule has 8 rings (SSSR count). The Morgan fingerprint density at radius 2 is 0.931 bits per heavy atom. The molecule has 0 aliphatic rings. The van der Waals surface area contributed by atoms with Crippen molar-refractivity contribution in [3.05, 3.63) is 130 Å². The first-order valence-corrected chi connectivity index (χ1v) is 18.0. The van der Waals surface area contributed by atoms with Crippen molar-refractivity contribution in [3.63, 3.8) is 0 Å². The maximum Gasteiger partial charge on any atom is 0.416 e. The molecule has 0 radical (unpaired) electrons. The molecule has 0 aliphatic heterocycles. The van der Waals surface area contributed by atoms with Crippen LogP contribution in [-0.2, 0) is 12.4 Å². The monoisotopic (exact) mass is 860 g/mol. The molecule has 0 fully saturated rings. The molecule has 4 heterocycles. The van der Waals surface area contributed by atoms with Crippen molar-refractivity contribution in [3.8, 4) is 11.6 Å². The third kappa shape index (κ3) is 8.63. The third-order valence-electron chi connectivity index (χ3n) is 8.62. The molecule has 4 aromatic carbocycles. The van der Waals surface area contributed by atoms with Gasteiger partial charge in [0.25, 0.3) is 0 Å². The Bertz CT molecular complexity index is 2590. The highest BCUT2D eigenvalue weighted by molar-refractivity contribution is 9.10. The standard InChI is InChI=1S/C20H17F3N6.C19H14BrF3N6/c1-11-3-8-15-16(9-11)29(12(2)25-15)18-10-17(24)27-19(28-18)26-14-6-4-13(5-7-14)20(21,22)23;1-10-25-14-7-4-12(20)8-15(14)29(10)17-9-16(24)27-18(28-17)26-13-5-2-11(3-6-13)19(21,22)23/h3-10H,1-2H3,(H3,24,26,27,28);2-9H,1H3,(H3,24,26,27,28). The van der Waals surface area contributed by atoms with E-state index in [0.29, 0.717) is 28.8 Å². The summed E-state index contributed by atoms with van der Waals surface area (Å²) in [5.41, 5.74) is 15.6. The van der Waals surface area contributed by atoms with Crippen molar-refractivity contribution in [1.82, 2.24) is 39.0 Å². The van der Waals surface area contributed by atoms with Crippen LogP contribution < -0.4 is 22.1 Å². The Hall–Kier alpha value is -6.76. The number of fused-ring (bicyclic) bond motifs is 2. The molecule has 0 amide bonds. The normalized spacial score (nSPS) is 11.8. The van der Waals surface area contributed by atoms with E-state index in [0.717, 1.165) is 62.2 Å². The van der Waals surface area contributed by atoms with Crippen LogP contribution in [0, 0.1) is 20.8 Å². The molecule has 12 nitrogen and oxygen atoms in total. The van der Waals surface area contributed by atoms with Crippen LogP contribution in [-0.4, -0.2) is 39.0 Å². The zero-order chi connectivity index (χ0) is 41.5. The molecular formula is C39H31BrF6N12. The molecule has 0 saturated heterocycles. The molecule has 296 valence electrons. The number of aryl methyl sites for hydroxylation is 3. The molecule has 19 heteroatoms. The van der Waals surface area contributed by atoms with E-state index in [1.807, 2.05) is 66.3 Å². The Morgan fingerprint density at radius 3 is 1.36 bits per heavy atom. The van der Waals surface area contributed by atoms with E-state index in [1.54, 1.807) is 12.1 Å². The Balaban J connectivity index is 0.000000177. The van der Waals surface area contributed by atoms with Crippen molar-refractivity contribution in [2.45, 2.75) is 33.1 Å². The van der Waals surface area contributed by atoms with Gasteiger partial charge in [-0.1, -0.05) is 22.0 Å². The zero-order valence-electron chi connectivity index (χ0n) is 30.6. The van der Waals surface area contributed by atoms with Crippen LogP contribution in [0.1, 0.15) is 28.3 Å². The predicted molar refractivity (Wildman–Crippen MR) is 214 cm³/mol. The number of halogens is 7. The van der Waals surface area contributed by atoms with Crippen LogP contribution in [0.25, 0.3) is 33.7 Å². The first-order chi connectivity index (χ1) is 27.4. The number of imidazole rings is 2. The van der Waals surface area contributed by atoms with Crippen molar-refractivity contribution >= 4 is 72.9 Å². The summed E-state index contributed by atoms with van der Waals surface area (Å²) in [5.74, 6) is 3.20. The quantitative estimate of drug-likeness (QED) is 0.118. The van der Waals surface area contributed by atoms with Crippen LogP contribution in [0.2, 0.25) is 0 Å². The van der Waals surface area contributed by atoms with Gasteiger partial charge in [0.15, 0.2) is 0 Å². The van der Waals surface area contributed by atoms with Crippen LogP contribution in [0.15, 0.2) is 102 Å². The lowest BCUT2D eigenvalue weighted by atomic mass is 10.2. The fourth-order valence-corrected chi connectivity index (χ4v) is 6.39. The molecule has 8 aromatic rings. The molecule has 0 aliphatic carbocycles. The highest BCUT2D eigenvalue weighted by Gasteiger charge is 2.31. The number of nitrogen functional groups attached to an aromatic ring is 2. The lowest BCUT2D eigenvalue weighted by molar-refractivity contribution is -0.138. The van der Waals surface area contributed by atoms with E-state index in [2.05, 4.69) is 56.5 Å². The number of benzene rings is 4. The largest absolute Gasteiger partial charge is 0.416 e. The molecule has 4 aromatic heterocycles. The SMILES string of the molecule is Cc1ccc2nc(C)n(-c3cc(N)nc(Nc4ccc(C(F)(F)F)cc4)n3)c2c1.Cc1nc2ccc(Br)cc2n1-c1cc(N)nc(Nc2ccc(C(F)(F)F)cc2)n1. The van der Waals surface area contributed by atoms with Gasteiger partial charge in [0.05, 0.1) is 33.2 Å². The molecule has 0 unspecified atom stereocenters. The first-order valence-electron chi connectivity index (χ1n) is 17.2. The zero-order valence-corrected chi connectivity index (χ0v) is 32.2. The second kappa shape index (κ2) is 15.3. The molecule has 6 N–H and O–H groups in total. The minimum Gasteiger partial charge on any atom is -0.383 e. The van der Waals surface area contributed by atoms with Gasteiger partial charge in [-0.25, -0.2) is 9.97 Å². The van der Waals surface area contributed by atoms with Crippen LogP contribution in [0.3, 0.4) is 0 Å². The number of nitrogens with zero attached hydrogens (tertiary/aromatic N) is 8. The van der Waals surface area contributed by atoms with E-state index in [4.69, 9.17) is 11.5 Å². The summed E-state index contributed by atoms with van der Waals surface area (Å²) in [6, 6.07) is 24.0. The average Bonchev–Trinajstić information content (AvgIpc) is 3.65. The van der Waals surface area contributed by atoms with Gasteiger partial charge in [-0.05, 0) is 105 Å². The summed E-state index contributed by atoms with van der Waals surface area (Å²) in [5, 5.41) is 5.79. The van der Waals surface area contributed by atoms with Crippen molar-refractivity contribution < 1.29 is 26.3 Å². The van der Waals surface area contributed by atoms with E-state index in [1.165, 1.54) is 24.3 Å². The number of alkyl halides is 6. The van der Waals surface area contributed by atoms with Crippen LogP contribution in [0.5, 0.6) is 0 Å². The van der Waals surface area contributed by atoms with Crippen LogP contribution >= 0.6 is 15.9 Å². The first kappa shape index (κ1) is 39.5. The lowest BCUT2D eigenvalue weighted by Gasteiger charge is -2.11. The highest BCUT2D eigenvalue weighted by Crippen LogP contribution is 2.32. The number of nitrogens with two attached hydrogens (primary N) is 2. The Labute approximate surface area is 334 Å². The average molecular weight is 862 g/mol. The second-order valence-electron chi connectivity index (χ2n) is 13.0. The van der Waals surface area contributed by atoms with Crippen LogP contribution in [0.4, 0.5) is 61.2 Å². The van der Waals surface area contributed by atoms with Gasteiger partial charge in [-0.15, -0.1) is 0 Å².